The molecule has 1 N–H and O–H groups in total. The van der Waals surface area contributed by atoms with E-state index in [1.807, 2.05) is 6.92 Å². The van der Waals surface area contributed by atoms with Gasteiger partial charge in [0.05, 0.1) is 5.56 Å². The van der Waals surface area contributed by atoms with Gasteiger partial charge in [0.25, 0.3) is 0 Å². The smallest absolute Gasteiger partial charge is 0.309 e. The van der Waals surface area contributed by atoms with E-state index in [0.29, 0.717) is 6.54 Å². The van der Waals surface area contributed by atoms with Gasteiger partial charge in [0.2, 0.25) is 0 Å². The lowest BCUT2D eigenvalue weighted by Crippen LogP contribution is -2.24. The summed E-state index contributed by atoms with van der Waals surface area (Å²) in [4.78, 5) is 0. The summed E-state index contributed by atoms with van der Waals surface area (Å²) in [5.41, 5.74) is -0.398. The number of terminal acetylenes is 1. The van der Waals surface area contributed by atoms with Crippen molar-refractivity contribution in [2.45, 2.75) is 32.0 Å². The van der Waals surface area contributed by atoms with E-state index in [1.54, 1.807) is 6.07 Å². The van der Waals surface area contributed by atoms with Gasteiger partial charge in [-0.1, -0.05) is 25.1 Å². The van der Waals surface area contributed by atoms with E-state index in [2.05, 4.69) is 11.2 Å². The molecule has 0 fully saturated rings. The second-order valence-corrected chi connectivity index (χ2v) is 4.00. The molecule has 18 heavy (non-hydrogen) atoms. The van der Waals surface area contributed by atoms with Gasteiger partial charge >= 0.3 is 6.18 Å². The molecule has 0 aliphatic heterocycles. The fraction of sp³-hybridized carbons (Fsp3) is 0.429. The zero-order valence-corrected chi connectivity index (χ0v) is 10.2. The van der Waals surface area contributed by atoms with Crippen molar-refractivity contribution in [1.29, 1.82) is 0 Å². The first kappa shape index (κ1) is 14.6. The second kappa shape index (κ2) is 6.46. The van der Waals surface area contributed by atoms with Crippen LogP contribution in [-0.2, 0) is 6.18 Å². The van der Waals surface area contributed by atoms with Crippen molar-refractivity contribution in [3.63, 3.8) is 0 Å². The highest BCUT2D eigenvalue weighted by Crippen LogP contribution is 2.35. The minimum atomic E-state index is -4.35. The fourth-order valence-electron chi connectivity index (χ4n) is 1.79. The van der Waals surface area contributed by atoms with Crippen molar-refractivity contribution in [3.8, 4) is 12.3 Å². The first-order chi connectivity index (χ1) is 8.50. The third-order valence-corrected chi connectivity index (χ3v) is 2.60. The Kier molecular flexibility index (Phi) is 5.24. The quantitative estimate of drug-likeness (QED) is 0.790. The molecule has 0 radical (unpaired) electrons. The Balaban J connectivity index is 3.08. The normalized spacial score (nSPS) is 13.1. The monoisotopic (exact) mass is 255 g/mol. The van der Waals surface area contributed by atoms with Crippen molar-refractivity contribution < 1.29 is 13.2 Å². The molecule has 4 heteroatoms. The van der Waals surface area contributed by atoms with Crippen LogP contribution < -0.4 is 5.32 Å². The Hall–Kier alpha value is -1.47. The topological polar surface area (TPSA) is 12.0 Å². The molecule has 0 amide bonds. The van der Waals surface area contributed by atoms with Crippen LogP contribution in [-0.4, -0.2) is 6.54 Å². The Morgan fingerprint density at radius 3 is 2.56 bits per heavy atom. The SMILES string of the molecule is C#CCC(NCCC)c1ccccc1C(F)(F)F. The maximum atomic E-state index is 12.9. The van der Waals surface area contributed by atoms with E-state index < -0.39 is 17.8 Å². The average molecular weight is 255 g/mol. The molecule has 0 saturated carbocycles. The van der Waals surface area contributed by atoms with Crippen LogP contribution in [0.25, 0.3) is 0 Å². The highest BCUT2D eigenvalue weighted by atomic mass is 19.4. The van der Waals surface area contributed by atoms with Gasteiger partial charge in [-0.25, -0.2) is 0 Å². The summed E-state index contributed by atoms with van der Waals surface area (Å²) in [6.45, 7) is 2.59. The summed E-state index contributed by atoms with van der Waals surface area (Å²) < 4.78 is 38.7. The largest absolute Gasteiger partial charge is 0.416 e. The van der Waals surface area contributed by atoms with Crippen LogP contribution in [0.3, 0.4) is 0 Å². The van der Waals surface area contributed by atoms with E-state index in [-0.39, 0.29) is 12.0 Å². The molecule has 0 spiro atoms. The number of rotatable bonds is 5. The highest BCUT2D eigenvalue weighted by molar-refractivity contribution is 5.33. The number of hydrogen-bond acceptors (Lipinski definition) is 1. The van der Waals surface area contributed by atoms with Crippen LogP contribution in [0.15, 0.2) is 24.3 Å². The van der Waals surface area contributed by atoms with E-state index in [1.165, 1.54) is 12.1 Å². The molecule has 1 atom stereocenters. The molecule has 1 aromatic rings. The molecule has 0 saturated heterocycles. The molecule has 1 unspecified atom stereocenters. The molecule has 0 aromatic heterocycles. The number of alkyl halides is 3. The second-order valence-electron chi connectivity index (χ2n) is 4.00. The Labute approximate surface area is 105 Å². The molecule has 0 aliphatic carbocycles. The predicted octanol–water partition coefficient (Wildman–Crippen LogP) is 3.77. The molecular formula is C14H16F3N. The van der Waals surface area contributed by atoms with E-state index >= 15 is 0 Å². The zero-order chi connectivity index (χ0) is 13.6. The summed E-state index contributed by atoms with van der Waals surface area (Å²) in [6.07, 6.45) is 1.96. The predicted molar refractivity (Wildman–Crippen MR) is 65.9 cm³/mol. The van der Waals surface area contributed by atoms with Crippen LogP contribution in [0.4, 0.5) is 13.2 Å². The minimum absolute atomic E-state index is 0.219. The Morgan fingerprint density at radius 2 is 2.00 bits per heavy atom. The maximum Gasteiger partial charge on any atom is 0.416 e. The van der Waals surface area contributed by atoms with Crippen molar-refractivity contribution in [2.24, 2.45) is 0 Å². The molecule has 98 valence electrons. The first-order valence-corrected chi connectivity index (χ1v) is 5.83. The Bertz CT molecular complexity index is 418. The van der Waals surface area contributed by atoms with Gasteiger partial charge in [-0.3, -0.25) is 0 Å². The lowest BCUT2D eigenvalue weighted by molar-refractivity contribution is -0.138. The van der Waals surface area contributed by atoms with Crippen molar-refractivity contribution in [3.05, 3.63) is 35.4 Å². The van der Waals surface area contributed by atoms with Gasteiger partial charge in [0, 0.05) is 12.5 Å². The summed E-state index contributed by atoms with van der Waals surface area (Å²) in [5.74, 6) is 2.42. The zero-order valence-electron chi connectivity index (χ0n) is 10.2. The number of halogens is 3. The van der Waals surface area contributed by atoms with Crippen molar-refractivity contribution >= 4 is 0 Å². The molecule has 1 nitrogen and oxygen atoms in total. The Morgan fingerprint density at radius 1 is 1.33 bits per heavy atom. The van der Waals surface area contributed by atoms with Crippen LogP contribution in [0.2, 0.25) is 0 Å². The van der Waals surface area contributed by atoms with E-state index in [4.69, 9.17) is 6.42 Å². The average Bonchev–Trinajstić information content (AvgIpc) is 2.33. The van der Waals surface area contributed by atoms with E-state index in [9.17, 15) is 13.2 Å². The van der Waals surface area contributed by atoms with Crippen molar-refractivity contribution in [2.75, 3.05) is 6.54 Å². The van der Waals surface area contributed by atoms with Crippen LogP contribution in [0.1, 0.15) is 36.9 Å². The van der Waals surface area contributed by atoms with Gasteiger partial charge in [-0.2, -0.15) is 13.2 Å². The molecule has 0 heterocycles. The molecule has 0 aliphatic rings. The fourth-order valence-corrected chi connectivity index (χ4v) is 1.79. The number of benzene rings is 1. The minimum Gasteiger partial charge on any atom is -0.309 e. The molecule has 0 bridgehead atoms. The summed E-state index contributed by atoms with van der Waals surface area (Å²) in [6, 6.07) is 5.11. The summed E-state index contributed by atoms with van der Waals surface area (Å²) in [7, 11) is 0. The summed E-state index contributed by atoms with van der Waals surface area (Å²) >= 11 is 0. The van der Waals surface area contributed by atoms with Crippen molar-refractivity contribution in [1.82, 2.24) is 5.32 Å². The van der Waals surface area contributed by atoms with Crippen LogP contribution in [0, 0.1) is 12.3 Å². The maximum absolute atomic E-state index is 12.9. The third kappa shape index (κ3) is 3.78. The molecule has 1 aromatic carbocycles. The van der Waals surface area contributed by atoms with Crippen LogP contribution >= 0.6 is 0 Å². The molecular weight excluding hydrogens is 239 g/mol. The standard InChI is InChI=1S/C14H16F3N/c1-3-7-13(18-10-4-2)11-8-5-6-9-12(11)14(15,16)17/h1,5-6,8-9,13,18H,4,7,10H2,2H3. The van der Waals surface area contributed by atoms with Gasteiger partial charge in [-0.05, 0) is 24.6 Å². The van der Waals surface area contributed by atoms with Gasteiger partial charge in [0.15, 0.2) is 0 Å². The van der Waals surface area contributed by atoms with E-state index in [0.717, 1.165) is 12.5 Å². The highest BCUT2D eigenvalue weighted by Gasteiger charge is 2.34. The number of nitrogens with one attached hydrogen (secondary N) is 1. The number of hydrogen-bond donors (Lipinski definition) is 1. The molecule has 1 rings (SSSR count). The lowest BCUT2D eigenvalue weighted by Gasteiger charge is -2.21. The summed E-state index contributed by atoms with van der Waals surface area (Å²) in [5, 5.41) is 3.06. The van der Waals surface area contributed by atoms with Gasteiger partial charge < -0.3 is 5.32 Å². The van der Waals surface area contributed by atoms with Crippen LogP contribution in [0.5, 0.6) is 0 Å². The third-order valence-electron chi connectivity index (χ3n) is 2.60. The van der Waals surface area contributed by atoms with Gasteiger partial charge in [0.1, 0.15) is 0 Å². The lowest BCUT2D eigenvalue weighted by atomic mass is 9.97. The first-order valence-electron chi connectivity index (χ1n) is 5.83. The van der Waals surface area contributed by atoms with Gasteiger partial charge in [-0.15, -0.1) is 12.3 Å².